The van der Waals surface area contributed by atoms with Crippen LogP contribution < -0.4 is 21.5 Å². The van der Waals surface area contributed by atoms with E-state index in [1.165, 1.54) is 10.7 Å². The Labute approximate surface area is 181 Å². The predicted octanol–water partition coefficient (Wildman–Crippen LogP) is 3.71. The molecule has 3 N–H and O–H groups in total. The Hall–Kier alpha value is -4.08. The van der Waals surface area contributed by atoms with E-state index in [9.17, 15) is 13.6 Å². The fourth-order valence-corrected chi connectivity index (χ4v) is 3.90. The second-order valence-electron chi connectivity index (χ2n) is 7.50. The number of nitrogens with one attached hydrogen (secondary N) is 3. The minimum atomic E-state index is -0.707. The molecule has 3 aromatic heterocycles. The summed E-state index contributed by atoms with van der Waals surface area (Å²) in [5.74, 6) is -0.204. The van der Waals surface area contributed by atoms with E-state index in [2.05, 4.69) is 30.9 Å². The summed E-state index contributed by atoms with van der Waals surface area (Å²) in [6, 6.07) is 7.71. The van der Waals surface area contributed by atoms with Crippen LogP contribution in [0.2, 0.25) is 0 Å². The van der Waals surface area contributed by atoms with Crippen LogP contribution in [0.1, 0.15) is 24.4 Å². The smallest absolute Gasteiger partial charge is 0.266 e. The molecule has 8 nitrogen and oxygen atoms in total. The number of benzene rings is 1. The van der Waals surface area contributed by atoms with Crippen LogP contribution in [0.25, 0.3) is 16.8 Å². The number of halogens is 2. The highest BCUT2D eigenvalue weighted by Crippen LogP contribution is 2.34. The standard InChI is InChI=1S/C22H19F2N7O/c1-11-4-3-5-16-30-18(12(2)29-21-19-20(26-9-25-19)27-10-28-21)17(22(32)31(11)16)14-8-13(23)6-7-15(14)24/h3-8,10,12,25H,9H2,1-2H3,(H2,26,27,28,29). The van der Waals surface area contributed by atoms with Crippen molar-refractivity contribution >= 4 is 23.0 Å². The van der Waals surface area contributed by atoms with Crippen molar-refractivity contribution in [2.45, 2.75) is 19.9 Å². The van der Waals surface area contributed by atoms with Gasteiger partial charge in [-0.05, 0) is 44.2 Å². The molecule has 1 atom stereocenters. The maximum atomic E-state index is 14.8. The van der Waals surface area contributed by atoms with Gasteiger partial charge in [-0.25, -0.2) is 23.7 Å². The first-order valence-electron chi connectivity index (χ1n) is 10.0. The summed E-state index contributed by atoms with van der Waals surface area (Å²) in [5, 5.41) is 9.45. The first kappa shape index (κ1) is 19.9. The van der Waals surface area contributed by atoms with Crippen LogP contribution >= 0.6 is 0 Å². The van der Waals surface area contributed by atoms with Gasteiger partial charge in [0.25, 0.3) is 5.56 Å². The lowest BCUT2D eigenvalue weighted by Crippen LogP contribution is -2.25. The number of pyridine rings is 1. The van der Waals surface area contributed by atoms with Gasteiger partial charge in [0.1, 0.15) is 29.3 Å². The van der Waals surface area contributed by atoms with Gasteiger partial charge in [0, 0.05) is 11.3 Å². The van der Waals surface area contributed by atoms with E-state index in [4.69, 9.17) is 0 Å². The SMILES string of the molecule is Cc1cccc2nc(C(C)Nc3ncnc4c3NCN4)c(-c3cc(F)ccc3F)c(=O)n12. The maximum Gasteiger partial charge on any atom is 0.266 e. The number of fused-ring (bicyclic) bond motifs is 2. The van der Waals surface area contributed by atoms with Gasteiger partial charge in [-0.1, -0.05) is 6.07 Å². The highest BCUT2D eigenvalue weighted by atomic mass is 19.1. The van der Waals surface area contributed by atoms with E-state index >= 15 is 0 Å². The molecule has 1 aliphatic rings. The molecular formula is C22H19F2N7O. The number of nitrogens with zero attached hydrogens (tertiary/aromatic N) is 4. The quantitative estimate of drug-likeness (QED) is 0.450. The third kappa shape index (κ3) is 3.20. The zero-order chi connectivity index (χ0) is 22.4. The first-order chi connectivity index (χ1) is 15.4. The van der Waals surface area contributed by atoms with Crippen LogP contribution in [-0.4, -0.2) is 26.0 Å². The van der Waals surface area contributed by atoms with E-state index in [0.29, 0.717) is 35.3 Å². The van der Waals surface area contributed by atoms with Crippen LogP contribution in [0.15, 0.2) is 47.5 Å². The molecule has 5 rings (SSSR count). The fourth-order valence-electron chi connectivity index (χ4n) is 3.90. The third-order valence-electron chi connectivity index (χ3n) is 5.40. The molecule has 0 saturated heterocycles. The van der Waals surface area contributed by atoms with E-state index in [-0.39, 0.29) is 16.8 Å². The summed E-state index contributed by atoms with van der Waals surface area (Å²) in [5.41, 5.74) is 1.38. The summed E-state index contributed by atoms with van der Waals surface area (Å²) in [4.78, 5) is 26.6. The molecule has 1 unspecified atom stereocenters. The molecule has 10 heteroatoms. The molecule has 0 radical (unpaired) electrons. The summed E-state index contributed by atoms with van der Waals surface area (Å²) in [6.45, 7) is 4.04. The second-order valence-corrected chi connectivity index (χ2v) is 7.50. The maximum absolute atomic E-state index is 14.8. The molecule has 0 aliphatic carbocycles. The highest BCUT2D eigenvalue weighted by molar-refractivity contribution is 5.80. The largest absolute Gasteiger partial charge is 0.362 e. The molecule has 0 spiro atoms. The molecule has 1 aromatic carbocycles. The van der Waals surface area contributed by atoms with Gasteiger partial charge in [0.05, 0.1) is 24.0 Å². The van der Waals surface area contributed by atoms with Crippen molar-refractivity contribution in [2.75, 3.05) is 22.6 Å². The Morgan fingerprint density at radius 3 is 2.84 bits per heavy atom. The van der Waals surface area contributed by atoms with Gasteiger partial charge >= 0.3 is 0 Å². The second kappa shape index (κ2) is 7.56. The lowest BCUT2D eigenvalue weighted by molar-refractivity contribution is 0.602. The van der Waals surface area contributed by atoms with E-state index in [1.54, 1.807) is 32.0 Å². The van der Waals surface area contributed by atoms with Gasteiger partial charge in [-0.15, -0.1) is 0 Å². The number of rotatable bonds is 4. The molecule has 162 valence electrons. The Balaban J connectivity index is 1.72. The number of aromatic nitrogens is 4. The zero-order valence-electron chi connectivity index (χ0n) is 17.3. The average Bonchev–Trinajstić information content (AvgIpc) is 3.25. The summed E-state index contributed by atoms with van der Waals surface area (Å²) >= 11 is 0. The predicted molar refractivity (Wildman–Crippen MR) is 118 cm³/mol. The van der Waals surface area contributed by atoms with Crippen molar-refractivity contribution in [1.29, 1.82) is 0 Å². The summed E-state index contributed by atoms with van der Waals surface area (Å²) in [7, 11) is 0. The molecule has 4 heterocycles. The Morgan fingerprint density at radius 1 is 1.16 bits per heavy atom. The Morgan fingerprint density at radius 2 is 2.00 bits per heavy atom. The van der Waals surface area contributed by atoms with Crippen molar-refractivity contribution in [3.8, 4) is 11.1 Å². The van der Waals surface area contributed by atoms with Crippen molar-refractivity contribution in [2.24, 2.45) is 0 Å². The minimum absolute atomic E-state index is 0.00872. The normalized spacial score (nSPS) is 13.4. The van der Waals surface area contributed by atoms with Crippen molar-refractivity contribution < 1.29 is 8.78 Å². The molecule has 4 aromatic rings. The molecular weight excluding hydrogens is 416 g/mol. The van der Waals surface area contributed by atoms with Crippen molar-refractivity contribution in [1.82, 2.24) is 19.4 Å². The number of hydrogen-bond acceptors (Lipinski definition) is 7. The van der Waals surface area contributed by atoms with Crippen LogP contribution in [0.3, 0.4) is 0 Å². The Kier molecular flexibility index (Phi) is 4.69. The highest BCUT2D eigenvalue weighted by Gasteiger charge is 2.25. The molecule has 32 heavy (non-hydrogen) atoms. The van der Waals surface area contributed by atoms with Gasteiger partial charge in [0.2, 0.25) is 0 Å². The van der Waals surface area contributed by atoms with Crippen LogP contribution in [0.5, 0.6) is 0 Å². The third-order valence-corrected chi connectivity index (χ3v) is 5.40. The van der Waals surface area contributed by atoms with Crippen LogP contribution in [0, 0.1) is 18.6 Å². The van der Waals surface area contributed by atoms with Gasteiger partial charge in [0.15, 0.2) is 11.6 Å². The fraction of sp³-hybridized carbons (Fsp3) is 0.182. The van der Waals surface area contributed by atoms with Crippen LogP contribution in [0.4, 0.5) is 26.1 Å². The number of hydrogen-bond donors (Lipinski definition) is 3. The summed E-state index contributed by atoms with van der Waals surface area (Å²) in [6.07, 6.45) is 1.41. The lowest BCUT2D eigenvalue weighted by atomic mass is 10.0. The van der Waals surface area contributed by atoms with E-state index in [1.807, 2.05) is 0 Å². The van der Waals surface area contributed by atoms with Crippen LogP contribution in [-0.2, 0) is 0 Å². The van der Waals surface area contributed by atoms with Gasteiger partial charge in [-0.2, -0.15) is 0 Å². The Bertz CT molecular complexity index is 1420. The lowest BCUT2D eigenvalue weighted by Gasteiger charge is -2.20. The minimum Gasteiger partial charge on any atom is -0.362 e. The van der Waals surface area contributed by atoms with E-state index < -0.39 is 23.2 Å². The number of anilines is 3. The monoisotopic (exact) mass is 435 g/mol. The van der Waals surface area contributed by atoms with Gasteiger partial charge < -0.3 is 16.0 Å². The average molecular weight is 435 g/mol. The number of aryl methyl sites for hydroxylation is 1. The first-order valence-corrected chi connectivity index (χ1v) is 10.0. The molecule has 0 amide bonds. The van der Waals surface area contributed by atoms with Crippen molar-refractivity contribution in [3.63, 3.8) is 0 Å². The van der Waals surface area contributed by atoms with E-state index in [0.717, 1.165) is 18.2 Å². The molecule has 0 bridgehead atoms. The topological polar surface area (TPSA) is 96.2 Å². The summed E-state index contributed by atoms with van der Waals surface area (Å²) < 4.78 is 30.2. The zero-order valence-corrected chi connectivity index (χ0v) is 17.3. The van der Waals surface area contributed by atoms with Crippen molar-refractivity contribution in [3.05, 3.63) is 76.1 Å². The molecule has 1 aliphatic heterocycles. The molecule has 0 saturated carbocycles. The molecule has 0 fully saturated rings. The van der Waals surface area contributed by atoms with Gasteiger partial charge in [-0.3, -0.25) is 9.20 Å².